The highest BCUT2D eigenvalue weighted by Crippen LogP contribution is 2.44. The third-order valence-corrected chi connectivity index (χ3v) is 5.94. The van der Waals surface area contributed by atoms with Crippen molar-refractivity contribution in [1.82, 2.24) is 9.80 Å². The molecule has 5 heteroatoms. The first-order valence-electron chi connectivity index (χ1n) is 9.40. The molecule has 0 aliphatic carbocycles. The minimum atomic E-state index is -0.307. The number of nitrogens with zero attached hydrogens (tertiary/aromatic N) is 2. The maximum absolute atomic E-state index is 13.7. The molecule has 2 aliphatic rings. The lowest BCUT2D eigenvalue weighted by atomic mass is 9.89. The normalized spacial score (nSPS) is 25.5. The van der Waals surface area contributed by atoms with Crippen LogP contribution in [0, 0.1) is 17.7 Å². The Morgan fingerprint density at radius 2 is 1.93 bits per heavy atom. The molecular formula is C22H25FN2O2. The predicted molar refractivity (Wildman–Crippen MR) is 102 cm³/mol. The number of likely N-dealkylation sites (tertiary alicyclic amines) is 2. The zero-order valence-corrected chi connectivity index (χ0v) is 15.8. The highest BCUT2D eigenvalue weighted by atomic mass is 19.1. The minimum absolute atomic E-state index is 0.162. The molecule has 2 saturated heterocycles. The van der Waals surface area contributed by atoms with Crippen LogP contribution in [0.1, 0.15) is 27.5 Å². The number of halogens is 1. The Bertz CT molecular complexity index is 823. The number of hydrogen-bond acceptors (Lipinski definition) is 4. The summed E-state index contributed by atoms with van der Waals surface area (Å²) in [5, 5.41) is 0. The summed E-state index contributed by atoms with van der Waals surface area (Å²) >= 11 is 0. The average molecular weight is 368 g/mol. The van der Waals surface area contributed by atoms with Crippen LogP contribution >= 0.6 is 0 Å². The first kappa shape index (κ1) is 18.1. The fourth-order valence-electron chi connectivity index (χ4n) is 4.79. The summed E-state index contributed by atoms with van der Waals surface area (Å²) in [5.74, 6) is 0.659. The van der Waals surface area contributed by atoms with Gasteiger partial charge in [0.25, 0.3) is 0 Å². The molecule has 27 heavy (non-hydrogen) atoms. The Hall–Kier alpha value is -2.24. The second-order valence-corrected chi connectivity index (χ2v) is 7.75. The van der Waals surface area contributed by atoms with Crippen LogP contribution in [0.3, 0.4) is 0 Å². The number of hydrogen-bond donors (Lipinski definition) is 0. The van der Waals surface area contributed by atoms with Crippen LogP contribution in [0.25, 0.3) is 0 Å². The van der Waals surface area contributed by atoms with Gasteiger partial charge in [0.1, 0.15) is 5.82 Å². The van der Waals surface area contributed by atoms with Crippen LogP contribution in [0.15, 0.2) is 48.5 Å². The van der Waals surface area contributed by atoms with Gasteiger partial charge in [-0.2, -0.15) is 0 Å². The first-order chi connectivity index (χ1) is 13.0. The topological polar surface area (TPSA) is 32.8 Å². The van der Waals surface area contributed by atoms with E-state index in [1.165, 1.54) is 18.7 Å². The minimum Gasteiger partial charge on any atom is -0.465 e. The third-order valence-electron chi connectivity index (χ3n) is 5.94. The van der Waals surface area contributed by atoms with Crippen molar-refractivity contribution in [3.63, 3.8) is 0 Å². The van der Waals surface area contributed by atoms with E-state index in [1.54, 1.807) is 12.1 Å². The molecule has 2 aromatic rings. The molecule has 2 aliphatic heterocycles. The van der Waals surface area contributed by atoms with E-state index in [2.05, 4.69) is 16.8 Å². The monoisotopic (exact) mass is 368 g/mol. The number of benzene rings is 2. The lowest BCUT2D eigenvalue weighted by Crippen LogP contribution is -2.29. The number of carbonyl (C=O) groups is 1. The van der Waals surface area contributed by atoms with E-state index >= 15 is 0 Å². The molecule has 2 fully saturated rings. The summed E-state index contributed by atoms with van der Waals surface area (Å²) in [4.78, 5) is 16.4. The Morgan fingerprint density at radius 3 is 2.63 bits per heavy atom. The number of ether oxygens (including phenoxy) is 1. The number of fused-ring (bicyclic) bond motifs is 1. The lowest BCUT2D eigenvalue weighted by molar-refractivity contribution is 0.0600. The maximum Gasteiger partial charge on any atom is 0.337 e. The first-order valence-corrected chi connectivity index (χ1v) is 9.40. The molecule has 0 amide bonds. The summed E-state index contributed by atoms with van der Waals surface area (Å²) in [6.07, 6.45) is 0. The van der Waals surface area contributed by atoms with Crippen molar-refractivity contribution < 1.29 is 13.9 Å². The quantitative estimate of drug-likeness (QED) is 0.775. The van der Waals surface area contributed by atoms with E-state index < -0.39 is 0 Å². The van der Waals surface area contributed by atoms with E-state index in [9.17, 15) is 9.18 Å². The van der Waals surface area contributed by atoms with Crippen LogP contribution < -0.4 is 0 Å². The van der Waals surface area contributed by atoms with Crippen LogP contribution in [0.4, 0.5) is 4.39 Å². The zero-order chi connectivity index (χ0) is 19.0. The third kappa shape index (κ3) is 3.62. The summed E-state index contributed by atoms with van der Waals surface area (Å²) in [5.41, 5.74) is 2.85. The van der Waals surface area contributed by atoms with Crippen LogP contribution in [-0.4, -0.2) is 49.6 Å². The molecule has 0 aromatic heterocycles. The second-order valence-electron chi connectivity index (χ2n) is 7.75. The summed E-state index contributed by atoms with van der Waals surface area (Å²) in [6, 6.07) is 14.9. The van der Waals surface area contributed by atoms with Crippen LogP contribution in [0.5, 0.6) is 0 Å². The van der Waals surface area contributed by atoms with Gasteiger partial charge < -0.3 is 4.74 Å². The maximum atomic E-state index is 13.7. The molecule has 2 heterocycles. The average Bonchev–Trinajstić information content (AvgIpc) is 3.17. The molecule has 0 spiro atoms. The zero-order valence-electron chi connectivity index (χ0n) is 15.8. The number of methoxy groups -OCH3 is 1. The summed E-state index contributed by atoms with van der Waals surface area (Å²) in [7, 11) is 3.54. The van der Waals surface area contributed by atoms with Crippen molar-refractivity contribution in [3.8, 4) is 0 Å². The van der Waals surface area contributed by atoms with Gasteiger partial charge in [-0.1, -0.05) is 24.3 Å². The van der Waals surface area contributed by atoms with E-state index in [0.717, 1.165) is 31.7 Å². The van der Waals surface area contributed by atoms with Gasteiger partial charge >= 0.3 is 5.97 Å². The molecule has 142 valence electrons. The molecule has 4 nitrogen and oxygen atoms in total. The van der Waals surface area contributed by atoms with E-state index in [1.807, 2.05) is 30.3 Å². The van der Waals surface area contributed by atoms with Crippen molar-refractivity contribution in [2.75, 3.05) is 33.8 Å². The van der Waals surface area contributed by atoms with Crippen molar-refractivity contribution in [2.45, 2.75) is 12.6 Å². The predicted octanol–water partition coefficient (Wildman–Crippen LogP) is 3.35. The Balaban J connectivity index is 1.44. The standard InChI is InChI=1S/C22H25FN2O2/c1-24-12-18-13-25(11-15-6-8-16(9-7-15)22(26)27-2)14-20(18)21(24)17-4-3-5-19(23)10-17/h3-10,18,20-21H,11-14H2,1-2H3/t18-,20+,21-/m0/s1. The molecule has 0 saturated carbocycles. The van der Waals surface area contributed by atoms with Gasteiger partial charge in [0, 0.05) is 32.2 Å². The van der Waals surface area contributed by atoms with Gasteiger partial charge in [-0.25, -0.2) is 9.18 Å². The van der Waals surface area contributed by atoms with E-state index in [0.29, 0.717) is 17.4 Å². The molecule has 0 N–H and O–H groups in total. The van der Waals surface area contributed by atoms with Gasteiger partial charge in [0.2, 0.25) is 0 Å². The fourth-order valence-corrected chi connectivity index (χ4v) is 4.79. The van der Waals surface area contributed by atoms with Gasteiger partial charge in [0.05, 0.1) is 12.7 Å². The molecule has 0 unspecified atom stereocenters. The van der Waals surface area contributed by atoms with Gasteiger partial charge in [0.15, 0.2) is 0 Å². The molecule has 3 atom stereocenters. The second kappa shape index (κ2) is 7.41. The van der Waals surface area contributed by atoms with Crippen molar-refractivity contribution >= 4 is 5.97 Å². The summed E-state index contributed by atoms with van der Waals surface area (Å²) < 4.78 is 18.5. The Labute approximate surface area is 159 Å². The number of esters is 1. The van der Waals surface area contributed by atoms with Crippen molar-refractivity contribution in [3.05, 3.63) is 71.0 Å². The summed E-state index contributed by atoms with van der Waals surface area (Å²) in [6.45, 7) is 3.98. The van der Waals surface area contributed by atoms with Crippen LogP contribution in [-0.2, 0) is 11.3 Å². The molecule has 0 radical (unpaired) electrons. The highest BCUT2D eigenvalue weighted by Gasteiger charge is 2.45. The van der Waals surface area contributed by atoms with Gasteiger partial charge in [-0.15, -0.1) is 0 Å². The van der Waals surface area contributed by atoms with Gasteiger partial charge in [-0.3, -0.25) is 9.80 Å². The fraction of sp³-hybridized carbons (Fsp3) is 0.409. The molecule has 0 bridgehead atoms. The SMILES string of the molecule is COC(=O)c1ccc(CN2C[C@@H]3CN(C)[C@@H](c4cccc(F)c4)[C@@H]3C2)cc1. The smallest absolute Gasteiger partial charge is 0.337 e. The molecular weight excluding hydrogens is 343 g/mol. The van der Waals surface area contributed by atoms with Crippen LogP contribution in [0.2, 0.25) is 0 Å². The van der Waals surface area contributed by atoms with Crippen molar-refractivity contribution in [1.29, 1.82) is 0 Å². The number of carbonyl (C=O) groups excluding carboxylic acids is 1. The molecule has 2 aromatic carbocycles. The lowest BCUT2D eigenvalue weighted by Gasteiger charge is -2.27. The largest absolute Gasteiger partial charge is 0.465 e. The highest BCUT2D eigenvalue weighted by molar-refractivity contribution is 5.89. The Morgan fingerprint density at radius 1 is 1.15 bits per heavy atom. The molecule has 4 rings (SSSR count). The van der Waals surface area contributed by atoms with Gasteiger partial charge in [-0.05, 0) is 54.3 Å². The number of rotatable bonds is 4. The Kier molecular flexibility index (Phi) is 4.98. The van der Waals surface area contributed by atoms with E-state index in [-0.39, 0.29) is 17.8 Å². The van der Waals surface area contributed by atoms with Crippen molar-refractivity contribution in [2.24, 2.45) is 11.8 Å². The van der Waals surface area contributed by atoms with E-state index in [4.69, 9.17) is 4.74 Å².